The van der Waals surface area contributed by atoms with Crippen LogP contribution < -0.4 is 5.32 Å². The molecule has 0 amide bonds. The Morgan fingerprint density at radius 3 is 2.56 bits per heavy atom. The van der Waals surface area contributed by atoms with Crippen LogP contribution in [0.1, 0.15) is 28.4 Å². The molecule has 0 saturated heterocycles. The number of para-hydroxylation sites is 1. The van der Waals surface area contributed by atoms with Gasteiger partial charge in [0.15, 0.2) is 5.78 Å². The molecule has 2 nitrogen and oxygen atoms in total. The van der Waals surface area contributed by atoms with Gasteiger partial charge in [-0.3, -0.25) is 4.79 Å². The standard InChI is InChI=1S/C15H12FNO/c16-11-7-5-10(6-8-11)14-9-15(18)12-3-1-2-4-13(12)17-14/h1-8,14,17H,9H2/t14-/m1/s1. The molecule has 0 spiro atoms. The van der Waals surface area contributed by atoms with Gasteiger partial charge in [-0.25, -0.2) is 4.39 Å². The maximum Gasteiger partial charge on any atom is 0.167 e. The first-order valence-electron chi connectivity index (χ1n) is 5.88. The molecule has 0 saturated carbocycles. The van der Waals surface area contributed by atoms with E-state index in [4.69, 9.17) is 0 Å². The Morgan fingerprint density at radius 1 is 1.06 bits per heavy atom. The van der Waals surface area contributed by atoms with Gasteiger partial charge in [0.25, 0.3) is 0 Å². The number of benzene rings is 2. The molecule has 0 fully saturated rings. The van der Waals surface area contributed by atoms with E-state index < -0.39 is 0 Å². The van der Waals surface area contributed by atoms with Crippen LogP contribution in [-0.4, -0.2) is 5.78 Å². The van der Waals surface area contributed by atoms with Crippen LogP contribution >= 0.6 is 0 Å². The number of rotatable bonds is 1. The van der Waals surface area contributed by atoms with E-state index in [1.165, 1.54) is 12.1 Å². The van der Waals surface area contributed by atoms with Crippen LogP contribution in [0.2, 0.25) is 0 Å². The van der Waals surface area contributed by atoms with Gasteiger partial charge < -0.3 is 5.32 Å². The predicted octanol–water partition coefficient (Wildman–Crippen LogP) is 3.57. The zero-order chi connectivity index (χ0) is 12.5. The summed E-state index contributed by atoms with van der Waals surface area (Å²) < 4.78 is 12.9. The van der Waals surface area contributed by atoms with Crippen molar-refractivity contribution in [1.82, 2.24) is 0 Å². The number of halogens is 1. The first kappa shape index (κ1) is 11.0. The molecule has 18 heavy (non-hydrogen) atoms. The number of hydrogen-bond donors (Lipinski definition) is 1. The molecule has 1 aliphatic heterocycles. The molecule has 2 aromatic rings. The van der Waals surface area contributed by atoms with Gasteiger partial charge in [-0.2, -0.15) is 0 Å². The SMILES string of the molecule is O=C1C[C@H](c2ccc(F)cc2)Nc2ccccc21. The Morgan fingerprint density at radius 2 is 1.78 bits per heavy atom. The van der Waals surface area contributed by atoms with E-state index >= 15 is 0 Å². The van der Waals surface area contributed by atoms with E-state index in [0.29, 0.717) is 6.42 Å². The lowest BCUT2D eigenvalue weighted by molar-refractivity contribution is 0.0972. The average Bonchev–Trinajstić information content (AvgIpc) is 2.39. The van der Waals surface area contributed by atoms with Crippen LogP contribution in [0.15, 0.2) is 48.5 Å². The molecular weight excluding hydrogens is 229 g/mol. The summed E-state index contributed by atoms with van der Waals surface area (Å²) in [6.07, 6.45) is 0.405. The van der Waals surface area contributed by atoms with Gasteiger partial charge in [-0.1, -0.05) is 24.3 Å². The second kappa shape index (κ2) is 4.26. The topological polar surface area (TPSA) is 29.1 Å². The minimum Gasteiger partial charge on any atom is -0.377 e. The van der Waals surface area contributed by atoms with Crippen LogP contribution in [0, 0.1) is 5.82 Å². The summed E-state index contributed by atoms with van der Waals surface area (Å²) in [7, 11) is 0. The first-order chi connectivity index (χ1) is 8.74. The summed E-state index contributed by atoms with van der Waals surface area (Å²) in [5.41, 5.74) is 2.51. The maximum absolute atomic E-state index is 12.9. The smallest absolute Gasteiger partial charge is 0.167 e. The highest BCUT2D eigenvalue weighted by atomic mass is 19.1. The van der Waals surface area contributed by atoms with Crippen molar-refractivity contribution < 1.29 is 9.18 Å². The fraction of sp³-hybridized carbons (Fsp3) is 0.133. The summed E-state index contributed by atoms with van der Waals surface area (Å²) in [6.45, 7) is 0. The number of carbonyl (C=O) groups is 1. The van der Waals surface area contributed by atoms with E-state index in [2.05, 4.69) is 5.32 Å². The highest BCUT2D eigenvalue weighted by molar-refractivity contribution is 6.03. The van der Waals surface area contributed by atoms with Gasteiger partial charge in [-0.05, 0) is 29.8 Å². The number of hydrogen-bond acceptors (Lipinski definition) is 2. The monoisotopic (exact) mass is 241 g/mol. The van der Waals surface area contributed by atoms with Crippen molar-refractivity contribution in [3.05, 3.63) is 65.5 Å². The predicted molar refractivity (Wildman–Crippen MR) is 68.2 cm³/mol. The number of nitrogens with one attached hydrogen (secondary N) is 1. The molecule has 2 aromatic carbocycles. The minimum atomic E-state index is -0.263. The molecule has 90 valence electrons. The Labute approximate surface area is 104 Å². The quantitative estimate of drug-likeness (QED) is 0.827. The van der Waals surface area contributed by atoms with Crippen LogP contribution in [0.3, 0.4) is 0 Å². The van der Waals surface area contributed by atoms with E-state index in [-0.39, 0.29) is 17.6 Å². The van der Waals surface area contributed by atoms with E-state index in [1.54, 1.807) is 12.1 Å². The molecule has 1 heterocycles. The normalized spacial score (nSPS) is 18.1. The second-order valence-electron chi connectivity index (χ2n) is 4.42. The fourth-order valence-electron chi connectivity index (χ4n) is 2.28. The number of fused-ring (bicyclic) bond motifs is 1. The summed E-state index contributed by atoms with van der Waals surface area (Å²) in [6, 6.07) is 13.7. The molecule has 0 aliphatic carbocycles. The molecule has 1 N–H and O–H groups in total. The number of ketones is 1. The van der Waals surface area contributed by atoms with E-state index in [9.17, 15) is 9.18 Å². The minimum absolute atomic E-state index is 0.0759. The zero-order valence-corrected chi connectivity index (χ0v) is 9.69. The van der Waals surface area contributed by atoms with Crippen LogP contribution in [0.25, 0.3) is 0 Å². The molecular formula is C15H12FNO. The summed E-state index contributed by atoms with van der Waals surface area (Å²) >= 11 is 0. The third kappa shape index (κ3) is 1.88. The summed E-state index contributed by atoms with van der Waals surface area (Å²) in [4.78, 5) is 12.0. The second-order valence-corrected chi connectivity index (χ2v) is 4.42. The third-order valence-electron chi connectivity index (χ3n) is 3.22. The van der Waals surface area contributed by atoms with E-state index in [0.717, 1.165) is 16.8 Å². The Hall–Kier alpha value is -2.16. The molecule has 3 rings (SSSR count). The highest BCUT2D eigenvalue weighted by Gasteiger charge is 2.24. The van der Waals surface area contributed by atoms with Crippen molar-refractivity contribution in [2.45, 2.75) is 12.5 Å². The van der Waals surface area contributed by atoms with Crippen LogP contribution in [0.5, 0.6) is 0 Å². The van der Waals surface area contributed by atoms with E-state index in [1.807, 2.05) is 24.3 Å². The Kier molecular flexibility index (Phi) is 2.59. The lowest BCUT2D eigenvalue weighted by atomic mass is 9.92. The summed E-state index contributed by atoms with van der Waals surface area (Å²) in [5.74, 6) is -0.139. The number of anilines is 1. The number of Topliss-reactive ketones (excluding diaryl/α,β-unsaturated/α-hetero) is 1. The molecule has 0 bridgehead atoms. The Balaban J connectivity index is 1.94. The average molecular weight is 241 g/mol. The molecule has 1 aliphatic rings. The molecule has 1 atom stereocenters. The Bertz CT molecular complexity index is 592. The van der Waals surface area contributed by atoms with Crippen molar-refractivity contribution >= 4 is 11.5 Å². The fourth-order valence-corrected chi connectivity index (χ4v) is 2.28. The van der Waals surface area contributed by atoms with Crippen LogP contribution in [-0.2, 0) is 0 Å². The van der Waals surface area contributed by atoms with Crippen molar-refractivity contribution in [3.63, 3.8) is 0 Å². The van der Waals surface area contributed by atoms with Crippen molar-refractivity contribution in [1.29, 1.82) is 0 Å². The number of carbonyl (C=O) groups excluding carboxylic acids is 1. The van der Waals surface area contributed by atoms with Crippen LogP contribution in [0.4, 0.5) is 10.1 Å². The van der Waals surface area contributed by atoms with Gasteiger partial charge >= 0.3 is 0 Å². The maximum atomic E-state index is 12.9. The van der Waals surface area contributed by atoms with Gasteiger partial charge in [0, 0.05) is 17.7 Å². The highest BCUT2D eigenvalue weighted by Crippen LogP contribution is 2.32. The lowest BCUT2D eigenvalue weighted by Gasteiger charge is -2.26. The van der Waals surface area contributed by atoms with Crippen molar-refractivity contribution in [2.24, 2.45) is 0 Å². The van der Waals surface area contributed by atoms with Gasteiger partial charge in [0.2, 0.25) is 0 Å². The summed E-state index contributed by atoms with van der Waals surface area (Å²) in [5, 5.41) is 3.32. The molecule has 3 heteroatoms. The van der Waals surface area contributed by atoms with Crippen molar-refractivity contribution in [2.75, 3.05) is 5.32 Å². The lowest BCUT2D eigenvalue weighted by Crippen LogP contribution is -2.22. The largest absolute Gasteiger partial charge is 0.377 e. The molecule has 0 unspecified atom stereocenters. The van der Waals surface area contributed by atoms with Crippen molar-refractivity contribution in [3.8, 4) is 0 Å². The van der Waals surface area contributed by atoms with Gasteiger partial charge in [0.1, 0.15) is 5.82 Å². The molecule has 0 aromatic heterocycles. The first-order valence-corrected chi connectivity index (χ1v) is 5.88. The van der Waals surface area contributed by atoms with Gasteiger partial charge in [-0.15, -0.1) is 0 Å². The van der Waals surface area contributed by atoms with Gasteiger partial charge in [0.05, 0.1) is 6.04 Å². The molecule has 0 radical (unpaired) electrons. The zero-order valence-electron chi connectivity index (χ0n) is 9.69. The third-order valence-corrected chi connectivity index (χ3v) is 3.22.